The second kappa shape index (κ2) is 12.0. The summed E-state index contributed by atoms with van der Waals surface area (Å²) in [6.07, 6.45) is 7.44. The van der Waals surface area contributed by atoms with E-state index in [1.165, 1.54) is 45.2 Å². The van der Waals surface area contributed by atoms with E-state index in [9.17, 15) is 0 Å². The van der Waals surface area contributed by atoms with E-state index in [4.69, 9.17) is 0 Å². The lowest BCUT2D eigenvalue weighted by Crippen LogP contribution is -2.45. The Hall–Kier alpha value is -0.0400. The first kappa shape index (κ1) is 20.3. The quantitative estimate of drug-likeness (QED) is 0.591. The molecule has 0 atom stereocenters. The van der Waals surface area contributed by atoms with Crippen molar-refractivity contribution in [2.24, 2.45) is 11.3 Å². The van der Waals surface area contributed by atoms with Gasteiger partial charge in [-0.25, -0.2) is 0 Å². The predicted molar refractivity (Wildman–Crippen MR) is 86.2 cm³/mol. The maximum atomic E-state index is 2.48. The van der Waals surface area contributed by atoms with E-state index in [0.29, 0.717) is 0 Å². The van der Waals surface area contributed by atoms with Crippen molar-refractivity contribution in [2.75, 3.05) is 20.1 Å². The van der Waals surface area contributed by atoms with Crippen molar-refractivity contribution in [1.82, 2.24) is 4.90 Å². The van der Waals surface area contributed by atoms with Gasteiger partial charge >= 0.3 is 0 Å². The van der Waals surface area contributed by atoms with Gasteiger partial charge in [-0.15, -0.1) is 0 Å². The van der Waals surface area contributed by atoms with Crippen LogP contribution >= 0.6 is 0 Å². The average Bonchev–Trinajstić information content (AvgIpc) is 2.44. The molecule has 1 spiro atoms. The molecule has 112 valence electrons. The van der Waals surface area contributed by atoms with Gasteiger partial charge in [0.1, 0.15) is 0 Å². The summed E-state index contributed by atoms with van der Waals surface area (Å²) in [7, 11) is 2.25. The fraction of sp³-hybridized carbons (Fsp3) is 1.00. The fourth-order valence-electron chi connectivity index (χ4n) is 2.95. The largest absolute Gasteiger partial charge is 0.306 e. The third kappa shape index (κ3) is 6.22. The standard InChI is InChI=1S/C11H21N.3C2H6/c1-3-10-8-11(9-10)4-6-12(2)7-5-11;3*1-2/h10H,3-9H2,1-2H3;3*1-2H3. The van der Waals surface area contributed by atoms with Gasteiger partial charge < -0.3 is 4.90 Å². The molecule has 2 fully saturated rings. The Balaban J connectivity index is 0. The van der Waals surface area contributed by atoms with Crippen molar-refractivity contribution in [3.63, 3.8) is 0 Å². The zero-order chi connectivity index (χ0) is 14.6. The van der Waals surface area contributed by atoms with Gasteiger partial charge in [0.05, 0.1) is 0 Å². The van der Waals surface area contributed by atoms with Crippen LogP contribution in [0.25, 0.3) is 0 Å². The van der Waals surface area contributed by atoms with Crippen molar-refractivity contribution in [3.8, 4) is 0 Å². The molecule has 0 aromatic rings. The summed E-state index contributed by atoms with van der Waals surface area (Å²) in [5.41, 5.74) is 0.813. The Morgan fingerprint density at radius 1 is 0.889 bits per heavy atom. The lowest BCUT2D eigenvalue weighted by Gasteiger charge is -2.52. The molecule has 0 aromatic heterocycles. The van der Waals surface area contributed by atoms with Gasteiger partial charge in [-0.05, 0) is 57.2 Å². The molecular formula is C17H39N. The van der Waals surface area contributed by atoms with Crippen molar-refractivity contribution in [2.45, 2.75) is 80.6 Å². The Morgan fingerprint density at radius 3 is 1.61 bits per heavy atom. The van der Waals surface area contributed by atoms with Gasteiger partial charge in [0.25, 0.3) is 0 Å². The molecule has 2 rings (SSSR count). The normalized spacial score (nSPS) is 21.3. The van der Waals surface area contributed by atoms with Gasteiger partial charge in [-0.2, -0.15) is 0 Å². The van der Waals surface area contributed by atoms with Crippen LogP contribution in [-0.4, -0.2) is 25.0 Å². The summed E-state index contributed by atoms with van der Waals surface area (Å²) in [4.78, 5) is 2.48. The first-order chi connectivity index (χ1) is 8.74. The molecule has 1 heterocycles. The number of likely N-dealkylation sites (tertiary alicyclic amines) is 1. The number of hydrogen-bond acceptors (Lipinski definition) is 1. The predicted octanol–water partition coefficient (Wildman–Crippen LogP) is 5.60. The summed E-state index contributed by atoms with van der Waals surface area (Å²) >= 11 is 0. The van der Waals surface area contributed by atoms with E-state index in [1.807, 2.05) is 41.5 Å². The lowest BCUT2D eigenvalue weighted by molar-refractivity contribution is -0.00807. The molecule has 0 amide bonds. The van der Waals surface area contributed by atoms with Crippen molar-refractivity contribution >= 4 is 0 Å². The zero-order valence-corrected chi connectivity index (χ0v) is 14.5. The molecule has 1 nitrogen and oxygen atoms in total. The third-order valence-corrected chi connectivity index (χ3v) is 4.07. The van der Waals surface area contributed by atoms with Gasteiger partial charge in [0.15, 0.2) is 0 Å². The molecule has 0 N–H and O–H groups in total. The molecule has 1 aliphatic heterocycles. The lowest BCUT2D eigenvalue weighted by atomic mass is 9.57. The van der Waals surface area contributed by atoms with E-state index in [-0.39, 0.29) is 0 Å². The molecule has 1 aliphatic carbocycles. The molecule has 0 aromatic carbocycles. The van der Waals surface area contributed by atoms with Crippen LogP contribution in [0.15, 0.2) is 0 Å². The van der Waals surface area contributed by atoms with Crippen LogP contribution in [0.3, 0.4) is 0 Å². The summed E-state index contributed by atoms with van der Waals surface area (Å²) < 4.78 is 0. The summed E-state index contributed by atoms with van der Waals surface area (Å²) in [6.45, 7) is 17.0. The number of piperidine rings is 1. The van der Waals surface area contributed by atoms with E-state index in [2.05, 4.69) is 18.9 Å². The minimum absolute atomic E-state index is 0.813. The number of hydrogen-bond donors (Lipinski definition) is 0. The number of nitrogens with zero attached hydrogens (tertiary/aromatic N) is 1. The smallest absolute Gasteiger partial charge is 0.00165 e. The first-order valence-electron chi connectivity index (χ1n) is 8.43. The summed E-state index contributed by atoms with van der Waals surface area (Å²) in [6, 6.07) is 0. The van der Waals surface area contributed by atoms with Crippen molar-refractivity contribution in [1.29, 1.82) is 0 Å². The fourth-order valence-corrected chi connectivity index (χ4v) is 2.95. The van der Waals surface area contributed by atoms with Crippen LogP contribution in [0.1, 0.15) is 80.6 Å². The summed E-state index contributed by atoms with van der Waals surface area (Å²) in [5, 5.41) is 0. The molecule has 0 unspecified atom stereocenters. The van der Waals surface area contributed by atoms with E-state index in [0.717, 1.165) is 11.3 Å². The van der Waals surface area contributed by atoms with Crippen LogP contribution in [0.4, 0.5) is 0 Å². The van der Waals surface area contributed by atoms with E-state index >= 15 is 0 Å². The van der Waals surface area contributed by atoms with Gasteiger partial charge in [0, 0.05) is 0 Å². The van der Waals surface area contributed by atoms with Crippen LogP contribution in [-0.2, 0) is 0 Å². The molecule has 18 heavy (non-hydrogen) atoms. The van der Waals surface area contributed by atoms with Gasteiger partial charge in [-0.1, -0.05) is 54.9 Å². The average molecular weight is 258 g/mol. The third-order valence-electron chi connectivity index (χ3n) is 4.07. The highest BCUT2D eigenvalue weighted by molar-refractivity contribution is 4.95. The Kier molecular flexibility index (Phi) is 13.5. The SMILES string of the molecule is CC.CC.CC.CCC1CC2(CCN(C)CC2)C1. The monoisotopic (exact) mass is 257 g/mol. The Labute approximate surface area is 117 Å². The second-order valence-corrected chi connectivity index (χ2v) is 4.99. The minimum atomic E-state index is 0.813. The van der Waals surface area contributed by atoms with E-state index < -0.39 is 0 Å². The highest BCUT2D eigenvalue weighted by atomic mass is 15.1. The molecule has 0 radical (unpaired) electrons. The van der Waals surface area contributed by atoms with Crippen molar-refractivity contribution < 1.29 is 0 Å². The number of rotatable bonds is 1. The maximum absolute atomic E-state index is 2.48. The molecule has 2 aliphatic rings. The molecule has 1 saturated carbocycles. The highest BCUT2D eigenvalue weighted by Crippen LogP contribution is 2.53. The molecule has 1 heteroatoms. The van der Waals surface area contributed by atoms with Crippen LogP contribution in [0.5, 0.6) is 0 Å². The second-order valence-electron chi connectivity index (χ2n) is 4.99. The van der Waals surface area contributed by atoms with Crippen LogP contribution in [0.2, 0.25) is 0 Å². The maximum Gasteiger partial charge on any atom is -0.00165 e. The highest BCUT2D eigenvalue weighted by Gasteiger charge is 2.44. The van der Waals surface area contributed by atoms with Crippen molar-refractivity contribution in [3.05, 3.63) is 0 Å². The van der Waals surface area contributed by atoms with Crippen LogP contribution in [0, 0.1) is 11.3 Å². The molecular weight excluding hydrogens is 218 g/mol. The van der Waals surface area contributed by atoms with Gasteiger partial charge in [0.2, 0.25) is 0 Å². The Morgan fingerprint density at radius 2 is 1.28 bits per heavy atom. The van der Waals surface area contributed by atoms with Crippen LogP contribution < -0.4 is 0 Å². The van der Waals surface area contributed by atoms with Gasteiger partial charge in [-0.3, -0.25) is 0 Å². The first-order valence-corrected chi connectivity index (χ1v) is 8.43. The Bertz CT molecular complexity index is 141. The van der Waals surface area contributed by atoms with E-state index in [1.54, 1.807) is 0 Å². The summed E-state index contributed by atoms with van der Waals surface area (Å²) in [5.74, 6) is 1.08. The molecule has 1 saturated heterocycles. The minimum Gasteiger partial charge on any atom is -0.306 e. The topological polar surface area (TPSA) is 3.24 Å². The zero-order valence-electron chi connectivity index (χ0n) is 14.5. The molecule has 0 bridgehead atoms.